The Hall–Kier alpha value is -3.30. The van der Waals surface area contributed by atoms with Crippen molar-refractivity contribution in [2.24, 2.45) is 16.6 Å². The van der Waals surface area contributed by atoms with Crippen LogP contribution in [0.15, 0.2) is 41.5 Å². The van der Waals surface area contributed by atoms with Crippen LogP contribution in [0, 0.1) is 11.7 Å². The zero-order valence-electron chi connectivity index (χ0n) is 18.5. The minimum Gasteiger partial charge on any atom is -0.477 e. The van der Waals surface area contributed by atoms with Crippen LogP contribution in [0.5, 0.6) is 5.88 Å². The molecule has 1 fully saturated rings. The Kier molecular flexibility index (Phi) is 5.50. The number of carbonyl (C=O) groups excluding carboxylic acids is 1. The maximum Gasteiger partial charge on any atom is 0.315 e. The summed E-state index contributed by atoms with van der Waals surface area (Å²) in [6, 6.07) is 6.04. The molecule has 10 heteroatoms. The minimum atomic E-state index is -3.62. The average molecular weight is 462 g/mol. The summed E-state index contributed by atoms with van der Waals surface area (Å²) in [6.07, 6.45) is 3.64. The number of halogens is 3. The number of hydrogen-bond donors (Lipinski definition) is 2. The third-order valence-corrected chi connectivity index (χ3v) is 5.97. The van der Waals surface area contributed by atoms with Crippen molar-refractivity contribution < 1.29 is 27.4 Å². The molecule has 7 nitrogen and oxygen atoms in total. The number of nitrogens with two attached hydrogens (primary N) is 1. The Morgan fingerprint density at radius 3 is 2.61 bits per heavy atom. The predicted molar refractivity (Wildman–Crippen MR) is 116 cm³/mol. The number of benzene rings is 1. The molecule has 0 radical (unpaired) electrons. The fourth-order valence-corrected chi connectivity index (χ4v) is 3.72. The number of nitrogens with zero attached hydrogens (tertiary/aromatic N) is 2. The summed E-state index contributed by atoms with van der Waals surface area (Å²) in [5.74, 6) is -4.09. The molecule has 0 unspecified atom stereocenters. The van der Waals surface area contributed by atoms with Crippen molar-refractivity contribution in [2.45, 2.75) is 50.7 Å². The molecule has 1 aromatic carbocycles. The molecule has 1 saturated carbocycles. The van der Waals surface area contributed by atoms with Gasteiger partial charge in [-0.15, -0.1) is 0 Å². The van der Waals surface area contributed by atoms with Crippen LogP contribution in [0.25, 0.3) is 0 Å². The first-order chi connectivity index (χ1) is 15.4. The number of alkyl halides is 2. The second kappa shape index (κ2) is 7.93. The van der Waals surface area contributed by atoms with E-state index in [9.17, 15) is 9.18 Å². The highest BCUT2D eigenvalue weighted by Gasteiger charge is 2.66. The van der Waals surface area contributed by atoms with E-state index in [1.54, 1.807) is 6.07 Å². The standard InChI is InChI=1S/C23H25F3N4O3/c1-21(2)23(25,26)22(3,30-20(27)33-21)16-10-15(7-8-17(16)24)29-19(31)14-6-9-18(28-11-14)32-12-13-4-5-13/h6-11,13H,4-5,12H2,1-3H3,(H2,27,30)(H,29,31)/t22-/m1/s1. The van der Waals surface area contributed by atoms with Gasteiger partial charge in [0, 0.05) is 23.5 Å². The summed E-state index contributed by atoms with van der Waals surface area (Å²) < 4.78 is 55.9. The molecule has 1 atom stereocenters. The van der Waals surface area contributed by atoms with E-state index in [4.69, 9.17) is 15.2 Å². The number of rotatable bonds is 6. The van der Waals surface area contributed by atoms with E-state index in [0.29, 0.717) is 18.4 Å². The summed E-state index contributed by atoms with van der Waals surface area (Å²) in [5, 5.41) is 2.58. The van der Waals surface area contributed by atoms with Gasteiger partial charge in [-0.05, 0) is 63.8 Å². The van der Waals surface area contributed by atoms with Crippen molar-refractivity contribution in [3.63, 3.8) is 0 Å². The number of ether oxygens (including phenoxy) is 2. The quantitative estimate of drug-likeness (QED) is 0.669. The number of carbonyl (C=O) groups is 1. The Morgan fingerprint density at radius 2 is 1.97 bits per heavy atom. The van der Waals surface area contributed by atoms with Crippen molar-refractivity contribution >= 4 is 17.6 Å². The normalized spacial score (nSPS) is 23.3. The number of anilines is 1. The van der Waals surface area contributed by atoms with Gasteiger partial charge in [-0.1, -0.05) is 0 Å². The molecule has 1 aromatic heterocycles. The van der Waals surface area contributed by atoms with Gasteiger partial charge < -0.3 is 20.5 Å². The number of hydrogen-bond acceptors (Lipinski definition) is 6. The van der Waals surface area contributed by atoms with E-state index in [0.717, 1.165) is 45.7 Å². The maximum absolute atomic E-state index is 15.3. The van der Waals surface area contributed by atoms with Crippen molar-refractivity contribution in [2.75, 3.05) is 11.9 Å². The van der Waals surface area contributed by atoms with Crippen LogP contribution in [0.4, 0.5) is 18.9 Å². The molecule has 176 valence electrons. The summed E-state index contributed by atoms with van der Waals surface area (Å²) in [4.78, 5) is 20.5. The molecule has 1 amide bonds. The first-order valence-corrected chi connectivity index (χ1v) is 10.6. The second-order valence-electron chi connectivity index (χ2n) is 9.00. The van der Waals surface area contributed by atoms with Crippen LogP contribution in [0.1, 0.15) is 49.5 Å². The van der Waals surface area contributed by atoms with Crippen LogP contribution in [0.2, 0.25) is 0 Å². The van der Waals surface area contributed by atoms with Gasteiger partial charge in [0.1, 0.15) is 5.82 Å². The molecule has 0 bridgehead atoms. The second-order valence-corrected chi connectivity index (χ2v) is 9.00. The molecule has 2 aromatic rings. The predicted octanol–water partition coefficient (Wildman–Crippen LogP) is 4.24. The first-order valence-electron chi connectivity index (χ1n) is 10.6. The van der Waals surface area contributed by atoms with Gasteiger partial charge in [-0.25, -0.2) is 14.4 Å². The van der Waals surface area contributed by atoms with Gasteiger partial charge in [0.15, 0.2) is 11.1 Å². The van der Waals surface area contributed by atoms with E-state index in [-0.39, 0.29) is 11.3 Å². The highest BCUT2D eigenvalue weighted by atomic mass is 19.3. The number of aromatic nitrogens is 1. The number of aliphatic imine (C=N–C) groups is 1. The number of nitrogens with one attached hydrogen (secondary N) is 1. The smallest absolute Gasteiger partial charge is 0.315 e. The van der Waals surface area contributed by atoms with E-state index >= 15 is 8.78 Å². The zero-order valence-corrected chi connectivity index (χ0v) is 18.5. The van der Waals surface area contributed by atoms with Gasteiger partial charge in [0.05, 0.1) is 12.2 Å². The highest BCUT2D eigenvalue weighted by Crippen LogP contribution is 2.51. The number of amides is 1. The van der Waals surface area contributed by atoms with Gasteiger partial charge in [-0.2, -0.15) is 8.78 Å². The zero-order chi connectivity index (χ0) is 24.0. The molecule has 0 spiro atoms. The van der Waals surface area contributed by atoms with Gasteiger partial charge in [-0.3, -0.25) is 4.79 Å². The fraction of sp³-hybridized carbons (Fsp3) is 0.435. The van der Waals surface area contributed by atoms with Crippen LogP contribution >= 0.6 is 0 Å². The molecule has 3 N–H and O–H groups in total. The van der Waals surface area contributed by atoms with Gasteiger partial charge in [0.2, 0.25) is 5.88 Å². The van der Waals surface area contributed by atoms with Crippen molar-refractivity contribution in [1.29, 1.82) is 0 Å². The number of amidine groups is 1. The van der Waals surface area contributed by atoms with Crippen LogP contribution in [-0.4, -0.2) is 35.0 Å². The molecule has 1 aliphatic carbocycles. The molecule has 1 aliphatic heterocycles. The number of pyridine rings is 1. The summed E-state index contributed by atoms with van der Waals surface area (Å²) in [5.41, 5.74) is 1.15. The van der Waals surface area contributed by atoms with E-state index in [2.05, 4.69) is 15.3 Å². The van der Waals surface area contributed by atoms with Crippen molar-refractivity contribution in [1.82, 2.24) is 4.98 Å². The molecule has 33 heavy (non-hydrogen) atoms. The molecule has 4 rings (SSSR count). The Balaban J connectivity index is 1.57. The summed E-state index contributed by atoms with van der Waals surface area (Å²) in [6.45, 7) is 3.98. The average Bonchev–Trinajstić information content (AvgIpc) is 3.57. The SMILES string of the molecule is CC1(C)OC(N)=N[C@](C)(c2cc(NC(=O)c3ccc(OCC4CC4)nc3)ccc2F)C1(F)F. The third kappa shape index (κ3) is 4.21. The summed E-state index contributed by atoms with van der Waals surface area (Å²) >= 11 is 0. The molecule has 2 heterocycles. The highest BCUT2D eigenvalue weighted by molar-refractivity contribution is 6.04. The lowest BCUT2D eigenvalue weighted by atomic mass is 9.77. The lowest BCUT2D eigenvalue weighted by Crippen LogP contribution is -2.62. The molecular weight excluding hydrogens is 437 g/mol. The molecular formula is C23H25F3N4O3. The topological polar surface area (TPSA) is 98.8 Å². The largest absolute Gasteiger partial charge is 0.477 e. The Labute approximate surface area is 189 Å². The van der Waals surface area contributed by atoms with E-state index < -0.39 is 40.4 Å². The van der Waals surface area contributed by atoms with Gasteiger partial charge in [0.25, 0.3) is 11.9 Å². The third-order valence-electron chi connectivity index (χ3n) is 5.97. The van der Waals surface area contributed by atoms with E-state index in [1.807, 2.05) is 0 Å². The Morgan fingerprint density at radius 1 is 1.24 bits per heavy atom. The fourth-order valence-electron chi connectivity index (χ4n) is 3.72. The van der Waals surface area contributed by atoms with E-state index in [1.165, 1.54) is 18.3 Å². The first kappa shape index (κ1) is 22.9. The molecule has 2 aliphatic rings. The lowest BCUT2D eigenvalue weighted by molar-refractivity contribution is -0.207. The van der Waals surface area contributed by atoms with Crippen molar-refractivity contribution in [3.05, 3.63) is 53.5 Å². The monoisotopic (exact) mass is 462 g/mol. The van der Waals surface area contributed by atoms with Crippen molar-refractivity contribution in [3.8, 4) is 5.88 Å². The van der Waals surface area contributed by atoms with Crippen LogP contribution in [-0.2, 0) is 10.3 Å². The van der Waals surface area contributed by atoms with Gasteiger partial charge >= 0.3 is 5.92 Å². The lowest BCUT2D eigenvalue weighted by Gasteiger charge is -2.46. The Bertz CT molecular complexity index is 1100. The maximum atomic E-state index is 15.3. The molecule has 0 saturated heterocycles. The van der Waals surface area contributed by atoms with Crippen LogP contribution in [0.3, 0.4) is 0 Å². The van der Waals surface area contributed by atoms with Crippen LogP contribution < -0.4 is 15.8 Å². The minimum absolute atomic E-state index is 0.112. The summed E-state index contributed by atoms with van der Waals surface area (Å²) in [7, 11) is 0.